The number of nitrogens with zero attached hydrogens (tertiary/aromatic N) is 1. The van der Waals surface area contributed by atoms with Crippen LogP contribution in [0.25, 0.3) is 22.4 Å². The summed E-state index contributed by atoms with van der Waals surface area (Å²) in [6.07, 6.45) is 3.29. The lowest BCUT2D eigenvalue weighted by atomic mass is 9.90. The average molecular weight is 328 g/mol. The van der Waals surface area contributed by atoms with Crippen molar-refractivity contribution < 1.29 is 4.57 Å². The van der Waals surface area contributed by atoms with Gasteiger partial charge in [0.15, 0.2) is 6.20 Å². The molecule has 0 unspecified atom stereocenters. The van der Waals surface area contributed by atoms with Gasteiger partial charge in [-0.2, -0.15) is 0 Å². The number of aryl methyl sites for hydroxylation is 6. The second-order valence-electron chi connectivity index (χ2n) is 7.71. The Kier molecular flexibility index (Phi) is 3.57. The summed E-state index contributed by atoms with van der Waals surface area (Å²) in [5, 5.41) is 0. The number of aromatic nitrogens is 1. The van der Waals surface area contributed by atoms with Gasteiger partial charge in [-0.15, -0.1) is 0 Å². The first-order chi connectivity index (χ1) is 11.9. The van der Waals surface area contributed by atoms with Crippen molar-refractivity contribution in [3.8, 4) is 22.4 Å². The molecule has 0 atom stereocenters. The summed E-state index contributed by atoms with van der Waals surface area (Å²) in [5.41, 5.74) is 15.4. The zero-order valence-corrected chi connectivity index (χ0v) is 16.1. The number of hydrogen-bond acceptors (Lipinski definition) is 0. The van der Waals surface area contributed by atoms with E-state index in [1.165, 1.54) is 61.3 Å². The number of benzene rings is 2. The molecule has 1 aliphatic carbocycles. The summed E-state index contributed by atoms with van der Waals surface area (Å²) in [6, 6.07) is 11.6. The molecule has 2 aromatic carbocycles. The molecule has 1 heterocycles. The van der Waals surface area contributed by atoms with Crippen molar-refractivity contribution >= 4 is 0 Å². The molecular weight excluding hydrogens is 302 g/mol. The normalized spacial score (nSPS) is 12.2. The van der Waals surface area contributed by atoms with Crippen molar-refractivity contribution in [1.29, 1.82) is 0 Å². The maximum Gasteiger partial charge on any atom is 0.213 e. The fourth-order valence-corrected chi connectivity index (χ4v) is 4.38. The second kappa shape index (κ2) is 5.56. The van der Waals surface area contributed by atoms with Gasteiger partial charge < -0.3 is 0 Å². The van der Waals surface area contributed by atoms with Crippen LogP contribution in [0.1, 0.15) is 38.9 Å². The predicted molar refractivity (Wildman–Crippen MR) is 105 cm³/mol. The first kappa shape index (κ1) is 16.1. The number of fused-ring (bicyclic) bond motifs is 3. The van der Waals surface area contributed by atoms with E-state index in [9.17, 15) is 0 Å². The van der Waals surface area contributed by atoms with E-state index in [0.717, 1.165) is 6.42 Å². The van der Waals surface area contributed by atoms with Crippen LogP contribution in [0.15, 0.2) is 36.5 Å². The molecule has 0 saturated heterocycles. The van der Waals surface area contributed by atoms with E-state index in [1.54, 1.807) is 0 Å². The third-order valence-corrected chi connectivity index (χ3v) is 5.73. The third kappa shape index (κ3) is 2.41. The van der Waals surface area contributed by atoms with E-state index in [2.05, 4.69) is 82.8 Å². The molecule has 0 bridgehead atoms. The van der Waals surface area contributed by atoms with Crippen LogP contribution in [0, 0.1) is 34.6 Å². The molecule has 126 valence electrons. The van der Waals surface area contributed by atoms with E-state index >= 15 is 0 Å². The number of rotatable bonds is 1. The fourth-order valence-electron chi connectivity index (χ4n) is 4.38. The van der Waals surface area contributed by atoms with Gasteiger partial charge in [-0.05, 0) is 80.0 Å². The summed E-state index contributed by atoms with van der Waals surface area (Å²) < 4.78 is 2.29. The van der Waals surface area contributed by atoms with E-state index < -0.39 is 0 Å². The van der Waals surface area contributed by atoms with Crippen molar-refractivity contribution in [1.82, 2.24) is 0 Å². The molecule has 0 radical (unpaired) electrons. The minimum absolute atomic E-state index is 1.04. The Morgan fingerprint density at radius 2 is 1.48 bits per heavy atom. The number of hydrogen-bond donors (Lipinski definition) is 0. The minimum Gasteiger partial charge on any atom is -0.201 e. The lowest BCUT2D eigenvalue weighted by Gasteiger charge is -2.15. The number of pyridine rings is 1. The van der Waals surface area contributed by atoms with E-state index in [-0.39, 0.29) is 0 Å². The first-order valence-electron chi connectivity index (χ1n) is 9.07. The molecule has 1 heteroatoms. The Hall–Kier alpha value is -2.41. The molecule has 25 heavy (non-hydrogen) atoms. The van der Waals surface area contributed by atoms with Crippen LogP contribution < -0.4 is 4.57 Å². The van der Waals surface area contributed by atoms with E-state index in [4.69, 9.17) is 0 Å². The SMILES string of the molecule is Cc1ccc2c(c1)-c1c(C)cc(C)c(-c3cc(C)c(C)c[n+]3C)c1C2. The highest BCUT2D eigenvalue weighted by Crippen LogP contribution is 2.44. The zero-order chi connectivity index (χ0) is 17.9. The Bertz CT molecular complexity index is 1020. The van der Waals surface area contributed by atoms with Crippen LogP contribution in [0.4, 0.5) is 0 Å². The molecule has 0 spiro atoms. The van der Waals surface area contributed by atoms with Crippen molar-refractivity contribution in [3.63, 3.8) is 0 Å². The van der Waals surface area contributed by atoms with E-state index in [0.29, 0.717) is 0 Å². The van der Waals surface area contributed by atoms with E-state index in [1.807, 2.05) is 0 Å². The van der Waals surface area contributed by atoms with Crippen LogP contribution in [-0.4, -0.2) is 0 Å². The summed E-state index contributed by atoms with van der Waals surface area (Å²) in [7, 11) is 2.17. The third-order valence-electron chi connectivity index (χ3n) is 5.73. The minimum atomic E-state index is 1.04. The molecule has 0 aliphatic heterocycles. The smallest absolute Gasteiger partial charge is 0.201 e. The molecule has 4 rings (SSSR count). The highest BCUT2D eigenvalue weighted by Gasteiger charge is 2.28. The van der Waals surface area contributed by atoms with Crippen molar-refractivity contribution in [2.24, 2.45) is 7.05 Å². The molecule has 3 aromatic rings. The largest absolute Gasteiger partial charge is 0.213 e. The topological polar surface area (TPSA) is 3.88 Å². The van der Waals surface area contributed by atoms with Crippen molar-refractivity contribution in [2.75, 3.05) is 0 Å². The van der Waals surface area contributed by atoms with Crippen LogP contribution in [0.2, 0.25) is 0 Å². The Balaban J connectivity index is 2.05. The average Bonchev–Trinajstić information content (AvgIpc) is 2.90. The van der Waals surface area contributed by atoms with Gasteiger partial charge in [0.05, 0.1) is 5.56 Å². The summed E-state index contributed by atoms with van der Waals surface area (Å²) in [6.45, 7) is 11.1. The molecular formula is C24H26N+. The standard InChI is InChI=1S/C24H26N/c1-14-7-8-19-12-21-23(20(19)9-14)16(3)10-17(4)24(21)22-11-15(2)18(5)13-25(22)6/h7-11,13H,12H2,1-6H3/q+1. The summed E-state index contributed by atoms with van der Waals surface area (Å²) in [5.74, 6) is 0. The maximum atomic E-state index is 2.36. The van der Waals surface area contributed by atoms with Crippen LogP contribution >= 0.6 is 0 Å². The Morgan fingerprint density at radius 1 is 0.760 bits per heavy atom. The lowest BCUT2D eigenvalue weighted by molar-refractivity contribution is -0.660. The Morgan fingerprint density at radius 3 is 2.24 bits per heavy atom. The highest BCUT2D eigenvalue weighted by molar-refractivity contribution is 5.87. The monoisotopic (exact) mass is 328 g/mol. The van der Waals surface area contributed by atoms with Gasteiger partial charge in [-0.25, -0.2) is 4.57 Å². The predicted octanol–water partition coefficient (Wildman–Crippen LogP) is 5.29. The van der Waals surface area contributed by atoms with Crippen LogP contribution in [0.3, 0.4) is 0 Å². The maximum absolute atomic E-state index is 2.36. The van der Waals surface area contributed by atoms with Crippen molar-refractivity contribution in [2.45, 2.75) is 41.0 Å². The fraction of sp³-hybridized carbons (Fsp3) is 0.292. The summed E-state index contributed by atoms with van der Waals surface area (Å²) >= 11 is 0. The first-order valence-corrected chi connectivity index (χ1v) is 9.07. The van der Waals surface area contributed by atoms with Gasteiger partial charge >= 0.3 is 0 Å². The highest BCUT2D eigenvalue weighted by atomic mass is 14.9. The van der Waals surface area contributed by atoms with Gasteiger partial charge in [-0.3, -0.25) is 0 Å². The van der Waals surface area contributed by atoms with Gasteiger partial charge in [0.25, 0.3) is 0 Å². The molecule has 0 N–H and O–H groups in total. The molecule has 0 amide bonds. The van der Waals surface area contributed by atoms with Gasteiger partial charge in [0.1, 0.15) is 7.05 Å². The van der Waals surface area contributed by atoms with Crippen LogP contribution in [0.5, 0.6) is 0 Å². The van der Waals surface area contributed by atoms with Gasteiger partial charge in [-0.1, -0.05) is 29.8 Å². The lowest BCUT2D eigenvalue weighted by Crippen LogP contribution is -2.32. The second-order valence-corrected chi connectivity index (χ2v) is 7.71. The molecule has 0 saturated carbocycles. The quantitative estimate of drug-likeness (QED) is 0.418. The summed E-state index contributed by atoms with van der Waals surface area (Å²) in [4.78, 5) is 0. The zero-order valence-electron chi connectivity index (χ0n) is 16.1. The Labute approximate surface area is 151 Å². The van der Waals surface area contributed by atoms with Gasteiger partial charge in [0, 0.05) is 11.6 Å². The van der Waals surface area contributed by atoms with Crippen LogP contribution in [-0.2, 0) is 13.5 Å². The molecule has 1 nitrogen and oxygen atoms in total. The van der Waals surface area contributed by atoms with Gasteiger partial charge in [0.2, 0.25) is 5.69 Å². The molecule has 0 fully saturated rings. The van der Waals surface area contributed by atoms with Crippen molar-refractivity contribution in [3.05, 3.63) is 75.5 Å². The molecule has 1 aromatic heterocycles. The molecule has 1 aliphatic rings.